The molecule has 0 saturated carbocycles. The molecule has 3 rings (SSSR count). The molecule has 116 valence electrons. The van der Waals surface area contributed by atoms with Crippen LogP contribution in [0.3, 0.4) is 0 Å². The van der Waals surface area contributed by atoms with Crippen molar-refractivity contribution in [3.8, 4) is 5.75 Å². The minimum Gasteiger partial charge on any atom is -0.497 e. The van der Waals surface area contributed by atoms with Crippen molar-refractivity contribution in [2.75, 3.05) is 19.1 Å². The van der Waals surface area contributed by atoms with Crippen molar-refractivity contribution in [2.45, 2.75) is 0 Å². The number of nitrogens with one attached hydrogen (secondary N) is 2. The van der Waals surface area contributed by atoms with E-state index in [4.69, 9.17) is 15.6 Å². The lowest BCUT2D eigenvalue weighted by Gasteiger charge is -2.21. The summed E-state index contributed by atoms with van der Waals surface area (Å²) in [6.45, 7) is 0. The van der Waals surface area contributed by atoms with Crippen LogP contribution < -0.4 is 15.3 Å². The first-order valence-electron chi connectivity index (χ1n) is 7.10. The third-order valence-electron chi connectivity index (χ3n) is 3.75. The number of aromatic nitrogens is 2. The second-order valence-electron chi connectivity index (χ2n) is 5.03. The van der Waals surface area contributed by atoms with Crippen molar-refractivity contribution in [1.82, 2.24) is 9.55 Å². The molecule has 0 fully saturated rings. The van der Waals surface area contributed by atoms with Gasteiger partial charge in [-0.3, -0.25) is 15.4 Å². The van der Waals surface area contributed by atoms with Gasteiger partial charge in [0.15, 0.2) is 0 Å². The van der Waals surface area contributed by atoms with Crippen molar-refractivity contribution >= 4 is 28.7 Å². The van der Waals surface area contributed by atoms with E-state index in [0.717, 1.165) is 28.7 Å². The molecule has 0 radical (unpaired) electrons. The van der Waals surface area contributed by atoms with E-state index in [0.29, 0.717) is 5.82 Å². The van der Waals surface area contributed by atoms with Gasteiger partial charge in [-0.2, -0.15) is 4.98 Å². The van der Waals surface area contributed by atoms with Gasteiger partial charge in [0.05, 0.1) is 19.0 Å². The summed E-state index contributed by atoms with van der Waals surface area (Å²) in [5, 5.41) is 16.5. The van der Waals surface area contributed by atoms with Gasteiger partial charge in [0.25, 0.3) is 0 Å². The van der Waals surface area contributed by atoms with Crippen LogP contribution >= 0.6 is 0 Å². The Morgan fingerprint density at radius 1 is 1.13 bits per heavy atom. The second-order valence-corrected chi connectivity index (χ2v) is 5.03. The van der Waals surface area contributed by atoms with E-state index in [1.807, 2.05) is 60.5 Å². The molecule has 0 aliphatic heterocycles. The summed E-state index contributed by atoms with van der Waals surface area (Å²) in [5.41, 5.74) is 1.74. The van der Waals surface area contributed by atoms with Gasteiger partial charge in [0.1, 0.15) is 11.6 Å². The Labute approximate surface area is 133 Å². The minimum absolute atomic E-state index is 0.0223. The largest absolute Gasteiger partial charge is 0.497 e. The number of ether oxygens (including phenoxy) is 1. The highest BCUT2D eigenvalue weighted by Crippen LogP contribution is 2.28. The molecule has 1 aromatic heterocycles. The number of anilines is 2. The normalized spacial score (nSPS) is 10.5. The standard InChI is InChI=1S/C17H17N5O/c1-21(12-7-9-13(23-2)10-8-12)16-14-5-3-4-6-15(14)22(11-18)17(19)20-16/h3-11,18-19H,1-2H3. The zero-order valence-electron chi connectivity index (χ0n) is 12.9. The molecule has 2 N–H and O–H groups in total. The fraction of sp³-hybridized carbons (Fsp3) is 0.118. The van der Waals surface area contributed by atoms with Gasteiger partial charge in [0, 0.05) is 18.1 Å². The fourth-order valence-corrected chi connectivity index (χ4v) is 2.52. The van der Waals surface area contributed by atoms with Crippen molar-refractivity contribution in [3.05, 3.63) is 54.1 Å². The van der Waals surface area contributed by atoms with Gasteiger partial charge in [0.2, 0.25) is 5.62 Å². The fourth-order valence-electron chi connectivity index (χ4n) is 2.52. The van der Waals surface area contributed by atoms with Crippen molar-refractivity contribution in [1.29, 1.82) is 10.8 Å². The summed E-state index contributed by atoms with van der Waals surface area (Å²) in [5.74, 6) is 1.46. The van der Waals surface area contributed by atoms with E-state index in [1.165, 1.54) is 4.57 Å². The highest BCUT2D eigenvalue weighted by atomic mass is 16.5. The van der Waals surface area contributed by atoms with Gasteiger partial charge in [-0.25, -0.2) is 0 Å². The molecule has 1 heterocycles. The van der Waals surface area contributed by atoms with Crippen LogP contribution in [-0.2, 0) is 0 Å². The van der Waals surface area contributed by atoms with Crippen molar-refractivity contribution in [2.24, 2.45) is 0 Å². The van der Waals surface area contributed by atoms with Crippen LogP contribution in [0.15, 0.2) is 48.5 Å². The molecule has 0 aliphatic carbocycles. The van der Waals surface area contributed by atoms with E-state index in [-0.39, 0.29) is 5.62 Å². The molecular weight excluding hydrogens is 290 g/mol. The van der Waals surface area contributed by atoms with E-state index in [9.17, 15) is 0 Å². The molecule has 0 amide bonds. The lowest BCUT2D eigenvalue weighted by atomic mass is 10.2. The van der Waals surface area contributed by atoms with Crippen LogP contribution in [0.5, 0.6) is 5.75 Å². The molecule has 6 heteroatoms. The Balaban J connectivity index is 2.19. The lowest BCUT2D eigenvalue weighted by Crippen LogP contribution is -2.26. The highest BCUT2D eigenvalue weighted by Gasteiger charge is 2.13. The number of para-hydroxylation sites is 1. The Bertz CT molecular complexity index is 914. The van der Waals surface area contributed by atoms with E-state index >= 15 is 0 Å². The Hall–Kier alpha value is -3.15. The van der Waals surface area contributed by atoms with Crippen molar-refractivity contribution < 1.29 is 4.74 Å². The van der Waals surface area contributed by atoms with Gasteiger partial charge < -0.3 is 9.64 Å². The summed E-state index contributed by atoms with van der Waals surface area (Å²) in [4.78, 5) is 6.29. The molecule has 0 bridgehead atoms. The summed E-state index contributed by atoms with van der Waals surface area (Å²) in [6, 6.07) is 15.3. The topological polar surface area (TPSA) is 78.0 Å². The zero-order chi connectivity index (χ0) is 16.4. The molecule has 0 aliphatic rings. The van der Waals surface area contributed by atoms with E-state index in [2.05, 4.69) is 4.98 Å². The van der Waals surface area contributed by atoms with Crippen LogP contribution in [0.1, 0.15) is 0 Å². The molecule has 23 heavy (non-hydrogen) atoms. The minimum atomic E-state index is 0.0223. The van der Waals surface area contributed by atoms with Gasteiger partial charge >= 0.3 is 0 Å². The Morgan fingerprint density at radius 2 is 1.83 bits per heavy atom. The molecule has 2 aromatic carbocycles. The maximum atomic E-state index is 8.07. The van der Waals surface area contributed by atoms with E-state index in [1.54, 1.807) is 7.11 Å². The zero-order valence-corrected chi connectivity index (χ0v) is 12.9. The van der Waals surface area contributed by atoms with Crippen molar-refractivity contribution in [3.63, 3.8) is 0 Å². The monoisotopic (exact) mass is 307 g/mol. The molecule has 0 atom stereocenters. The number of nitrogens with zero attached hydrogens (tertiary/aromatic N) is 3. The lowest BCUT2D eigenvalue weighted by molar-refractivity contribution is 0.415. The van der Waals surface area contributed by atoms with Crippen LogP contribution in [0, 0.1) is 10.8 Å². The van der Waals surface area contributed by atoms with Gasteiger partial charge in [-0.05, 0) is 36.4 Å². The summed E-state index contributed by atoms with van der Waals surface area (Å²) in [6.07, 6.45) is 1.11. The average molecular weight is 307 g/mol. The molecule has 6 nitrogen and oxygen atoms in total. The van der Waals surface area contributed by atoms with E-state index < -0.39 is 0 Å². The smallest absolute Gasteiger partial charge is 0.229 e. The van der Waals surface area contributed by atoms with Gasteiger partial charge in [-0.1, -0.05) is 12.1 Å². The molecular formula is C17H17N5O. The molecule has 0 unspecified atom stereocenters. The number of methoxy groups -OCH3 is 1. The number of rotatable bonds is 4. The average Bonchev–Trinajstić information content (AvgIpc) is 2.60. The summed E-state index contributed by atoms with van der Waals surface area (Å²) in [7, 11) is 3.54. The first-order chi connectivity index (χ1) is 11.2. The predicted molar refractivity (Wildman–Crippen MR) is 90.8 cm³/mol. The Kier molecular flexibility index (Phi) is 3.80. The SMILES string of the molecule is COc1ccc(N(C)c2nc(=N)n(C=N)c3ccccc23)cc1. The predicted octanol–water partition coefficient (Wildman–Crippen LogP) is 2.75. The Morgan fingerprint density at radius 3 is 2.48 bits per heavy atom. The maximum Gasteiger partial charge on any atom is 0.229 e. The number of benzene rings is 2. The number of hydrogen-bond donors (Lipinski definition) is 2. The van der Waals surface area contributed by atoms with Crippen LogP contribution in [0.25, 0.3) is 10.9 Å². The van der Waals surface area contributed by atoms with Gasteiger partial charge in [-0.15, -0.1) is 0 Å². The van der Waals surface area contributed by atoms with Crippen LogP contribution in [-0.4, -0.2) is 30.0 Å². The number of hydrogen-bond acceptors (Lipinski definition) is 5. The molecule has 0 saturated heterocycles. The third-order valence-corrected chi connectivity index (χ3v) is 3.75. The number of fused-ring (bicyclic) bond motifs is 1. The molecule has 3 aromatic rings. The maximum absolute atomic E-state index is 8.07. The first-order valence-corrected chi connectivity index (χ1v) is 7.10. The third kappa shape index (κ3) is 2.55. The quantitative estimate of drug-likeness (QED) is 0.574. The summed E-state index contributed by atoms with van der Waals surface area (Å²) >= 11 is 0. The molecule has 0 spiro atoms. The second kappa shape index (κ2) is 5.92. The van der Waals surface area contributed by atoms with Crippen LogP contribution in [0.4, 0.5) is 11.5 Å². The first kappa shape index (κ1) is 14.8. The highest BCUT2D eigenvalue weighted by molar-refractivity contribution is 5.94. The summed E-state index contributed by atoms with van der Waals surface area (Å²) < 4.78 is 6.63. The van der Waals surface area contributed by atoms with Crippen LogP contribution in [0.2, 0.25) is 0 Å².